The summed E-state index contributed by atoms with van der Waals surface area (Å²) < 4.78 is 5.52. The van der Waals surface area contributed by atoms with Crippen molar-refractivity contribution in [2.45, 2.75) is 26.4 Å². The van der Waals surface area contributed by atoms with E-state index in [9.17, 15) is 4.79 Å². The molecule has 0 bridgehead atoms. The summed E-state index contributed by atoms with van der Waals surface area (Å²) in [5.74, 6) is 1.30. The van der Waals surface area contributed by atoms with Gasteiger partial charge in [-0.05, 0) is 38.9 Å². The third-order valence-corrected chi connectivity index (χ3v) is 2.75. The van der Waals surface area contributed by atoms with E-state index in [0.29, 0.717) is 23.7 Å². The van der Waals surface area contributed by atoms with Crippen LogP contribution in [0.5, 0.6) is 5.75 Å². The zero-order chi connectivity index (χ0) is 12.3. The standard InChI is InChI=1S/C13H18N2O2/c1-9(2)17-12-4-11(7-15-8-12)13(16)3-10-5-14-6-10/h4,7-10,14H,3,5-6H2,1-2H3. The van der Waals surface area contributed by atoms with E-state index in [1.807, 2.05) is 13.8 Å². The number of Topliss-reactive ketones (excluding diaryl/α,β-unsaturated/α-hetero) is 1. The van der Waals surface area contributed by atoms with Crippen LogP contribution in [-0.2, 0) is 0 Å². The summed E-state index contributed by atoms with van der Waals surface area (Å²) in [4.78, 5) is 16.0. The van der Waals surface area contributed by atoms with Gasteiger partial charge in [0, 0.05) is 18.2 Å². The van der Waals surface area contributed by atoms with Gasteiger partial charge in [-0.25, -0.2) is 0 Å². The lowest BCUT2D eigenvalue weighted by atomic mass is 9.94. The van der Waals surface area contributed by atoms with Crippen molar-refractivity contribution in [2.24, 2.45) is 5.92 Å². The van der Waals surface area contributed by atoms with Crippen LogP contribution in [0, 0.1) is 5.92 Å². The van der Waals surface area contributed by atoms with Crippen LogP contribution in [0.1, 0.15) is 30.6 Å². The fraction of sp³-hybridized carbons (Fsp3) is 0.538. The molecule has 4 heteroatoms. The SMILES string of the molecule is CC(C)Oc1cncc(C(=O)CC2CNC2)c1. The highest BCUT2D eigenvalue weighted by molar-refractivity contribution is 5.96. The molecule has 0 aromatic carbocycles. The average Bonchev–Trinajstić information content (AvgIpc) is 2.22. The quantitative estimate of drug-likeness (QED) is 0.787. The van der Waals surface area contributed by atoms with Gasteiger partial charge in [0.05, 0.1) is 12.3 Å². The minimum atomic E-state index is 0.0954. The van der Waals surface area contributed by atoms with Gasteiger partial charge in [-0.1, -0.05) is 0 Å². The Hall–Kier alpha value is -1.42. The Morgan fingerprint density at radius 3 is 2.88 bits per heavy atom. The van der Waals surface area contributed by atoms with Gasteiger partial charge in [-0.3, -0.25) is 9.78 Å². The lowest BCUT2D eigenvalue weighted by molar-refractivity contribution is 0.0944. The van der Waals surface area contributed by atoms with Crippen molar-refractivity contribution in [2.75, 3.05) is 13.1 Å². The Kier molecular flexibility index (Phi) is 3.74. The molecule has 4 nitrogen and oxygen atoms in total. The second-order valence-electron chi connectivity index (χ2n) is 4.73. The third kappa shape index (κ3) is 3.27. The molecular weight excluding hydrogens is 216 g/mol. The number of nitrogens with zero attached hydrogens (tertiary/aromatic N) is 1. The van der Waals surface area contributed by atoms with Gasteiger partial charge in [-0.15, -0.1) is 0 Å². The number of ketones is 1. The number of hydrogen-bond donors (Lipinski definition) is 1. The third-order valence-electron chi connectivity index (χ3n) is 2.75. The molecule has 2 heterocycles. The molecule has 0 saturated carbocycles. The molecule has 0 aliphatic carbocycles. The Balaban J connectivity index is 2.01. The molecule has 1 N–H and O–H groups in total. The van der Waals surface area contributed by atoms with E-state index >= 15 is 0 Å². The highest BCUT2D eigenvalue weighted by Crippen LogP contribution is 2.17. The molecule has 1 aromatic heterocycles. The number of carbonyl (C=O) groups excluding carboxylic acids is 1. The van der Waals surface area contributed by atoms with Gasteiger partial charge in [0.2, 0.25) is 0 Å². The maximum atomic E-state index is 12.0. The van der Waals surface area contributed by atoms with Crippen LogP contribution in [0.4, 0.5) is 0 Å². The Labute approximate surface area is 101 Å². The van der Waals surface area contributed by atoms with Crippen LogP contribution in [-0.4, -0.2) is 30.0 Å². The lowest BCUT2D eigenvalue weighted by Gasteiger charge is -2.26. The normalized spacial score (nSPS) is 15.7. The average molecular weight is 234 g/mol. The van der Waals surface area contributed by atoms with Gasteiger partial charge in [0.15, 0.2) is 5.78 Å². The molecule has 0 atom stereocenters. The first kappa shape index (κ1) is 12.0. The van der Waals surface area contributed by atoms with E-state index in [1.54, 1.807) is 18.5 Å². The summed E-state index contributed by atoms with van der Waals surface area (Å²) >= 11 is 0. The van der Waals surface area contributed by atoms with E-state index in [2.05, 4.69) is 10.3 Å². The monoisotopic (exact) mass is 234 g/mol. The van der Waals surface area contributed by atoms with Crippen molar-refractivity contribution < 1.29 is 9.53 Å². The summed E-state index contributed by atoms with van der Waals surface area (Å²) in [6, 6.07) is 1.78. The Morgan fingerprint density at radius 2 is 2.29 bits per heavy atom. The lowest BCUT2D eigenvalue weighted by Crippen LogP contribution is -2.42. The van der Waals surface area contributed by atoms with Crippen molar-refractivity contribution in [3.63, 3.8) is 0 Å². The summed E-state index contributed by atoms with van der Waals surface area (Å²) in [6.45, 7) is 5.80. The zero-order valence-corrected chi connectivity index (χ0v) is 10.3. The molecule has 0 unspecified atom stereocenters. The van der Waals surface area contributed by atoms with Crippen LogP contribution in [0.15, 0.2) is 18.5 Å². The molecular formula is C13H18N2O2. The summed E-state index contributed by atoms with van der Waals surface area (Å²) in [6.07, 6.45) is 3.95. The fourth-order valence-corrected chi connectivity index (χ4v) is 1.78. The molecule has 0 spiro atoms. The highest BCUT2D eigenvalue weighted by atomic mass is 16.5. The number of nitrogens with one attached hydrogen (secondary N) is 1. The minimum absolute atomic E-state index is 0.0954. The fourth-order valence-electron chi connectivity index (χ4n) is 1.78. The van der Waals surface area contributed by atoms with Crippen LogP contribution in [0.3, 0.4) is 0 Å². The summed E-state index contributed by atoms with van der Waals surface area (Å²) in [7, 11) is 0. The first-order valence-electron chi connectivity index (χ1n) is 6.01. The molecule has 17 heavy (non-hydrogen) atoms. The number of hydrogen-bond acceptors (Lipinski definition) is 4. The van der Waals surface area contributed by atoms with Crippen molar-refractivity contribution in [3.8, 4) is 5.75 Å². The number of pyridine rings is 1. The van der Waals surface area contributed by atoms with Crippen LogP contribution in [0.25, 0.3) is 0 Å². The molecule has 1 aliphatic heterocycles. The number of rotatable bonds is 5. The van der Waals surface area contributed by atoms with Crippen molar-refractivity contribution in [1.29, 1.82) is 0 Å². The molecule has 1 aromatic rings. The number of ether oxygens (including phenoxy) is 1. The Morgan fingerprint density at radius 1 is 1.53 bits per heavy atom. The van der Waals surface area contributed by atoms with E-state index in [1.165, 1.54) is 0 Å². The first-order chi connectivity index (χ1) is 8.15. The van der Waals surface area contributed by atoms with Crippen LogP contribution < -0.4 is 10.1 Å². The number of aromatic nitrogens is 1. The largest absolute Gasteiger partial charge is 0.489 e. The van der Waals surface area contributed by atoms with Gasteiger partial charge in [0.1, 0.15) is 5.75 Å². The Bertz CT molecular complexity index is 400. The predicted octanol–water partition coefficient (Wildman–Crippen LogP) is 1.66. The van der Waals surface area contributed by atoms with Crippen molar-refractivity contribution >= 4 is 5.78 Å². The summed E-state index contributed by atoms with van der Waals surface area (Å²) in [5.41, 5.74) is 0.648. The molecule has 0 amide bonds. The predicted molar refractivity (Wildman–Crippen MR) is 65.3 cm³/mol. The van der Waals surface area contributed by atoms with E-state index in [0.717, 1.165) is 13.1 Å². The van der Waals surface area contributed by atoms with Crippen molar-refractivity contribution in [1.82, 2.24) is 10.3 Å². The second-order valence-corrected chi connectivity index (χ2v) is 4.73. The van der Waals surface area contributed by atoms with Gasteiger partial charge >= 0.3 is 0 Å². The van der Waals surface area contributed by atoms with Crippen molar-refractivity contribution in [3.05, 3.63) is 24.0 Å². The minimum Gasteiger partial charge on any atom is -0.489 e. The molecule has 0 radical (unpaired) electrons. The van der Waals surface area contributed by atoms with E-state index < -0.39 is 0 Å². The van der Waals surface area contributed by atoms with Crippen LogP contribution >= 0.6 is 0 Å². The second kappa shape index (κ2) is 5.27. The topological polar surface area (TPSA) is 51.2 Å². The molecule has 1 fully saturated rings. The van der Waals surface area contributed by atoms with Gasteiger partial charge in [-0.2, -0.15) is 0 Å². The first-order valence-corrected chi connectivity index (χ1v) is 6.01. The maximum absolute atomic E-state index is 12.0. The molecule has 92 valence electrons. The molecule has 1 aliphatic rings. The summed E-state index contributed by atoms with van der Waals surface area (Å²) in [5, 5.41) is 3.16. The zero-order valence-electron chi connectivity index (χ0n) is 10.3. The number of carbonyl (C=O) groups is 1. The molecule has 1 saturated heterocycles. The van der Waals surface area contributed by atoms with E-state index in [4.69, 9.17) is 4.74 Å². The van der Waals surface area contributed by atoms with Gasteiger partial charge < -0.3 is 10.1 Å². The highest BCUT2D eigenvalue weighted by Gasteiger charge is 2.21. The van der Waals surface area contributed by atoms with Crippen LogP contribution in [0.2, 0.25) is 0 Å². The van der Waals surface area contributed by atoms with E-state index in [-0.39, 0.29) is 11.9 Å². The molecule has 2 rings (SSSR count). The smallest absolute Gasteiger partial charge is 0.164 e. The maximum Gasteiger partial charge on any atom is 0.164 e. The van der Waals surface area contributed by atoms with Gasteiger partial charge in [0.25, 0.3) is 0 Å².